The van der Waals surface area contributed by atoms with Crippen LogP contribution in [-0.4, -0.2) is 41.5 Å². The standard InChI is InChI=1S/C16H21N3O5/c1-3-24-16(21)18-8-4-5-12(10-18)15(20)17-14-9-13(19(22)23)7-6-11(14)2/h6-7,9,12H,3-5,8,10H2,1-2H3,(H,17,20)/t12-/m1/s1. The van der Waals surface area contributed by atoms with Gasteiger partial charge in [0.2, 0.25) is 5.91 Å². The molecule has 1 saturated heterocycles. The van der Waals surface area contributed by atoms with Gasteiger partial charge in [0.1, 0.15) is 0 Å². The molecule has 1 aliphatic heterocycles. The first-order chi connectivity index (χ1) is 11.4. The summed E-state index contributed by atoms with van der Waals surface area (Å²) < 4.78 is 4.97. The fourth-order valence-electron chi connectivity index (χ4n) is 2.66. The van der Waals surface area contributed by atoms with Crippen molar-refractivity contribution in [3.63, 3.8) is 0 Å². The number of anilines is 1. The number of carbonyl (C=O) groups is 2. The van der Waals surface area contributed by atoms with Crippen LogP contribution in [0.25, 0.3) is 0 Å². The number of hydrogen-bond acceptors (Lipinski definition) is 5. The Morgan fingerprint density at radius 3 is 2.88 bits per heavy atom. The summed E-state index contributed by atoms with van der Waals surface area (Å²) >= 11 is 0. The van der Waals surface area contributed by atoms with E-state index >= 15 is 0 Å². The summed E-state index contributed by atoms with van der Waals surface area (Å²) in [7, 11) is 0. The van der Waals surface area contributed by atoms with E-state index in [1.807, 2.05) is 0 Å². The molecule has 0 radical (unpaired) electrons. The number of rotatable bonds is 4. The molecule has 0 saturated carbocycles. The lowest BCUT2D eigenvalue weighted by atomic mass is 9.97. The minimum absolute atomic E-state index is 0.0762. The number of benzene rings is 1. The number of nitrogens with zero attached hydrogens (tertiary/aromatic N) is 2. The Hall–Kier alpha value is -2.64. The van der Waals surface area contributed by atoms with Gasteiger partial charge >= 0.3 is 6.09 Å². The molecule has 1 aromatic carbocycles. The number of carbonyl (C=O) groups excluding carboxylic acids is 2. The van der Waals surface area contributed by atoms with E-state index in [4.69, 9.17) is 4.74 Å². The summed E-state index contributed by atoms with van der Waals surface area (Å²) in [4.78, 5) is 36.2. The van der Waals surface area contributed by atoms with E-state index in [9.17, 15) is 19.7 Å². The molecule has 2 amide bonds. The zero-order chi connectivity index (χ0) is 17.7. The lowest BCUT2D eigenvalue weighted by molar-refractivity contribution is -0.384. The molecule has 1 N–H and O–H groups in total. The van der Waals surface area contributed by atoms with Crippen molar-refractivity contribution in [1.29, 1.82) is 0 Å². The van der Waals surface area contributed by atoms with Crippen LogP contribution in [0, 0.1) is 23.0 Å². The van der Waals surface area contributed by atoms with Gasteiger partial charge in [0.25, 0.3) is 5.69 Å². The van der Waals surface area contributed by atoms with Gasteiger partial charge in [-0.1, -0.05) is 6.07 Å². The predicted octanol–water partition coefficient (Wildman–Crippen LogP) is 2.71. The average molecular weight is 335 g/mol. The first-order valence-electron chi connectivity index (χ1n) is 7.90. The van der Waals surface area contributed by atoms with Crippen molar-refractivity contribution >= 4 is 23.4 Å². The average Bonchev–Trinajstić information content (AvgIpc) is 2.57. The van der Waals surface area contributed by atoms with Crippen molar-refractivity contribution in [2.24, 2.45) is 5.92 Å². The Labute approximate surface area is 139 Å². The number of hydrogen-bond donors (Lipinski definition) is 1. The predicted molar refractivity (Wildman–Crippen MR) is 87.8 cm³/mol. The molecule has 130 valence electrons. The van der Waals surface area contributed by atoms with Crippen molar-refractivity contribution < 1.29 is 19.2 Å². The van der Waals surface area contributed by atoms with E-state index < -0.39 is 11.0 Å². The Kier molecular flexibility index (Phi) is 5.73. The molecule has 1 heterocycles. The topological polar surface area (TPSA) is 102 Å². The molecule has 1 fully saturated rings. The highest BCUT2D eigenvalue weighted by molar-refractivity contribution is 5.94. The van der Waals surface area contributed by atoms with Crippen LogP contribution in [0.1, 0.15) is 25.3 Å². The summed E-state index contributed by atoms with van der Waals surface area (Å²) in [5.74, 6) is -0.602. The second-order valence-electron chi connectivity index (χ2n) is 5.73. The third kappa shape index (κ3) is 4.21. The number of nitrogens with one attached hydrogen (secondary N) is 1. The molecular weight excluding hydrogens is 314 g/mol. The third-order valence-electron chi connectivity index (χ3n) is 4.01. The molecule has 0 aromatic heterocycles. The first kappa shape index (κ1) is 17.7. The normalized spacial score (nSPS) is 17.2. The summed E-state index contributed by atoms with van der Waals surface area (Å²) in [5, 5.41) is 13.6. The third-order valence-corrected chi connectivity index (χ3v) is 4.01. The van der Waals surface area contributed by atoms with Gasteiger partial charge in [-0.3, -0.25) is 14.9 Å². The van der Waals surface area contributed by atoms with Crippen molar-refractivity contribution in [3.8, 4) is 0 Å². The van der Waals surface area contributed by atoms with Gasteiger partial charge in [0, 0.05) is 25.2 Å². The maximum Gasteiger partial charge on any atom is 0.409 e. The Morgan fingerprint density at radius 2 is 2.21 bits per heavy atom. The van der Waals surface area contributed by atoms with Gasteiger partial charge in [-0.05, 0) is 32.3 Å². The van der Waals surface area contributed by atoms with Crippen LogP contribution in [-0.2, 0) is 9.53 Å². The molecule has 2 rings (SSSR count). The summed E-state index contributed by atoms with van der Waals surface area (Å²) in [6, 6.07) is 4.34. The Morgan fingerprint density at radius 1 is 1.46 bits per heavy atom. The summed E-state index contributed by atoms with van der Waals surface area (Å²) in [5.41, 5.74) is 1.09. The number of non-ortho nitro benzene ring substituents is 1. The molecule has 0 bridgehead atoms. The fraction of sp³-hybridized carbons (Fsp3) is 0.500. The maximum absolute atomic E-state index is 12.5. The Balaban J connectivity index is 2.05. The summed E-state index contributed by atoms with van der Waals surface area (Å²) in [6.07, 6.45) is 0.960. The highest BCUT2D eigenvalue weighted by atomic mass is 16.6. The molecule has 8 heteroatoms. The molecule has 1 aliphatic rings. The van der Waals surface area contributed by atoms with Gasteiger partial charge in [-0.15, -0.1) is 0 Å². The quantitative estimate of drug-likeness (QED) is 0.673. The van der Waals surface area contributed by atoms with E-state index in [1.165, 1.54) is 17.0 Å². The van der Waals surface area contributed by atoms with Crippen LogP contribution in [0.5, 0.6) is 0 Å². The van der Waals surface area contributed by atoms with Crippen LogP contribution in [0.15, 0.2) is 18.2 Å². The molecule has 0 aliphatic carbocycles. The molecule has 8 nitrogen and oxygen atoms in total. The van der Waals surface area contributed by atoms with Gasteiger partial charge in [-0.2, -0.15) is 0 Å². The minimum Gasteiger partial charge on any atom is -0.450 e. The monoisotopic (exact) mass is 335 g/mol. The molecule has 1 aromatic rings. The van der Waals surface area contributed by atoms with Crippen LogP contribution in [0.3, 0.4) is 0 Å². The first-order valence-corrected chi connectivity index (χ1v) is 7.90. The molecule has 0 unspecified atom stereocenters. The Bertz CT molecular complexity index is 647. The van der Waals surface area contributed by atoms with Gasteiger partial charge in [0.05, 0.1) is 23.1 Å². The zero-order valence-corrected chi connectivity index (χ0v) is 13.8. The van der Waals surface area contributed by atoms with Crippen LogP contribution < -0.4 is 5.32 Å². The van der Waals surface area contributed by atoms with Crippen molar-refractivity contribution in [2.45, 2.75) is 26.7 Å². The number of likely N-dealkylation sites (tertiary alicyclic amines) is 1. The van der Waals surface area contributed by atoms with Crippen LogP contribution in [0.4, 0.5) is 16.2 Å². The van der Waals surface area contributed by atoms with Crippen LogP contribution >= 0.6 is 0 Å². The molecule has 24 heavy (non-hydrogen) atoms. The van der Waals surface area contributed by atoms with E-state index in [-0.39, 0.29) is 17.5 Å². The zero-order valence-electron chi connectivity index (χ0n) is 13.8. The molecular formula is C16H21N3O5. The highest BCUT2D eigenvalue weighted by Gasteiger charge is 2.29. The maximum atomic E-state index is 12.5. The van der Waals surface area contributed by atoms with E-state index in [2.05, 4.69) is 5.32 Å². The number of aryl methyl sites for hydroxylation is 1. The second-order valence-corrected chi connectivity index (χ2v) is 5.73. The number of nitro benzene ring substituents is 1. The van der Waals surface area contributed by atoms with Crippen LogP contribution in [0.2, 0.25) is 0 Å². The number of ether oxygens (including phenoxy) is 1. The lowest BCUT2D eigenvalue weighted by Gasteiger charge is -2.31. The summed E-state index contributed by atoms with van der Waals surface area (Å²) in [6.45, 7) is 4.65. The smallest absolute Gasteiger partial charge is 0.409 e. The second kappa shape index (κ2) is 7.76. The fourth-order valence-corrected chi connectivity index (χ4v) is 2.66. The van der Waals surface area contributed by atoms with E-state index in [0.29, 0.717) is 38.2 Å². The molecule has 0 spiro atoms. The van der Waals surface area contributed by atoms with E-state index in [1.54, 1.807) is 19.9 Å². The SMILES string of the molecule is CCOC(=O)N1CCC[C@@H](C(=O)Nc2cc([N+](=O)[O-])ccc2C)C1. The van der Waals surface area contributed by atoms with Crippen molar-refractivity contribution in [2.75, 3.05) is 25.0 Å². The van der Waals surface area contributed by atoms with E-state index in [0.717, 1.165) is 5.56 Å². The number of amides is 2. The minimum atomic E-state index is -0.502. The van der Waals surface area contributed by atoms with Gasteiger partial charge < -0.3 is 15.0 Å². The number of nitro groups is 1. The van der Waals surface area contributed by atoms with Crippen molar-refractivity contribution in [3.05, 3.63) is 33.9 Å². The largest absolute Gasteiger partial charge is 0.450 e. The lowest BCUT2D eigenvalue weighted by Crippen LogP contribution is -2.44. The number of piperidine rings is 1. The van der Waals surface area contributed by atoms with Crippen molar-refractivity contribution in [1.82, 2.24) is 4.90 Å². The van der Waals surface area contributed by atoms with Gasteiger partial charge in [-0.25, -0.2) is 4.79 Å². The molecule has 1 atom stereocenters. The highest BCUT2D eigenvalue weighted by Crippen LogP contribution is 2.24. The van der Waals surface area contributed by atoms with Gasteiger partial charge in [0.15, 0.2) is 0 Å².